The number of ether oxygens (including phenoxy) is 1. The van der Waals surface area contributed by atoms with Crippen molar-refractivity contribution < 1.29 is 9.53 Å². The van der Waals surface area contributed by atoms with E-state index in [1.165, 1.54) is 31.1 Å². The van der Waals surface area contributed by atoms with Gasteiger partial charge in [0.05, 0.1) is 27.8 Å². The summed E-state index contributed by atoms with van der Waals surface area (Å²) in [6, 6.07) is 7.42. The molecule has 4 rings (SSSR count). The van der Waals surface area contributed by atoms with Gasteiger partial charge in [-0.1, -0.05) is 22.9 Å². The third kappa shape index (κ3) is 5.07. The number of hydrogen-bond donors (Lipinski definition) is 3. The van der Waals surface area contributed by atoms with Crippen molar-refractivity contribution in [3.63, 3.8) is 0 Å². The van der Waals surface area contributed by atoms with Gasteiger partial charge < -0.3 is 15.4 Å². The zero-order valence-electron chi connectivity index (χ0n) is 16.2. The highest BCUT2D eigenvalue weighted by molar-refractivity contribution is 7.16. The van der Waals surface area contributed by atoms with Crippen LogP contribution in [0.15, 0.2) is 30.5 Å². The molecule has 1 unspecified atom stereocenters. The Balaban J connectivity index is 1.41. The maximum Gasteiger partial charge on any atom is 0.279 e. The van der Waals surface area contributed by atoms with Crippen LogP contribution in [0.1, 0.15) is 38.4 Å². The molecule has 7 nitrogen and oxygen atoms in total. The number of thiazole rings is 1. The Morgan fingerprint density at radius 3 is 2.97 bits per heavy atom. The van der Waals surface area contributed by atoms with Crippen LogP contribution in [-0.4, -0.2) is 27.6 Å². The number of aromatic nitrogens is 3. The summed E-state index contributed by atoms with van der Waals surface area (Å²) in [7, 11) is 0. The minimum atomic E-state index is -0.150. The summed E-state index contributed by atoms with van der Waals surface area (Å²) in [6.07, 6.45) is 4.32. The molecule has 0 aliphatic heterocycles. The number of nitrogens with zero attached hydrogens (tertiary/aromatic N) is 2. The number of hydrogen-bond acceptors (Lipinski definition) is 6. The minimum Gasteiger partial charge on any atom is -0.429 e. The van der Waals surface area contributed by atoms with Crippen molar-refractivity contribution in [2.45, 2.75) is 32.7 Å². The highest BCUT2D eigenvalue weighted by Gasteiger charge is 2.20. The molecular formula is C20H22ClN5O2S. The lowest BCUT2D eigenvalue weighted by atomic mass is 10.2. The topological polar surface area (TPSA) is 91.9 Å². The van der Waals surface area contributed by atoms with E-state index in [9.17, 15) is 4.79 Å². The molecular weight excluding hydrogens is 410 g/mol. The van der Waals surface area contributed by atoms with Crippen molar-refractivity contribution in [2.24, 2.45) is 5.92 Å². The van der Waals surface area contributed by atoms with Crippen LogP contribution in [0.25, 0.3) is 10.6 Å². The predicted octanol–water partition coefficient (Wildman–Crippen LogP) is 5.00. The number of aromatic amines is 1. The molecule has 1 fully saturated rings. The lowest BCUT2D eigenvalue weighted by Crippen LogP contribution is -2.23. The van der Waals surface area contributed by atoms with Crippen LogP contribution >= 0.6 is 22.9 Å². The Labute approximate surface area is 177 Å². The number of anilines is 1. The zero-order chi connectivity index (χ0) is 20.4. The molecule has 152 valence electrons. The van der Waals surface area contributed by atoms with E-state index in [4.69, 9.17) is 16.3 Å². The second kappa shape index (κ2) is 8.42. The number of H-pyrrole nitrogens is 1. The first-order chi connectivity index (χ1) is 14.0. The summed E-state index contributed by atoms with van der Waals surface area (Å²) < 4.78 is 5.86. The number of amides is 1. The van der Waals surface area contributed by atoms with Crippen LogP contribution in [0.4, 0.5) is 5.69 Å². The van der Waals surface area contributed by atoms with Gasteiger partial charge in [0, 0.05) is 19.2 Å². The van der Waals surface area contributed by atoms with Gasteiger partial charge in [-0.05, 0) is 49.9 Å². The van der Waals surface area contributed by atoms with Gasteiger partial charge in [-0.2, -0.15) is 5.10 Å². The second-order valence-corrected chi connectivity index (χ2v) is 8.59. The third-order valence-electron chi connectivity index (χ3n) is 4.64. The number of carbonyl (C=O) groups is 1. The average Bonchev–Trinajstić information content (AvgIpc) is 3.17. The summed E-state index contributed by atoms with van der Waals surface area (Å²) in [5.74, 6) is 1.27. The van der Waals surface area contributed by atoms with E-state index >= 15 is 0 Å². The summed E-state index contributed by atoms with van der Waals surface area (Å²) in [5.41, 5.74) is 2.56. The summed E-state index contributed by atoms with van der Waals surface area (Å²) in [6.45, 7) is 4.37. The molecule has 0 bridgehead atoms. The summed E-state index contributed by atoms with van der Waals surface area (Å²) in [5, 5.41) is 14.5. The Morgan fingerprint density at radius 1 is 1.41 bits per heavy atom. The molecule has 1 amide bonds. The zero-order valence-corrected chi connectivity index (χ0v) is 17.7. The van der Waals surface area contributed by atoms with Crippen LogP contribution in [-0.2, 0) is 4.79 Å². The van der Waals surface area contributed by atoms with Gasteiger partial charge in [0.2, 0.25) is 5.91 Å². The van der Waals surface area contributed by atoms with Crippen LogP contribution < -0.4 is 15.4 Å². The number of rotatable bonds is 8. The van der Waals surface area contributed by atoms with Crippen LogP contribution in [0.5, 0.6) is 10.9 Å². The molecule has 0 saturated heterocycles. The van der Waals surface area contributed by atoms with E-state index in [0.29, 0.717) is 16.0 Å². The predicted molar refractivity (Wildman–Crippen MR) is 115 cm³/mol. The van der Waals surface area contributed by atoms with Crippen molar-refractivity contribution in [2.75, 3.05) is 11.9 Å². The number of benzene rings is 1. The maximum absolute atomic E-state index is 11.2. The highest BCUT2D eigenvalue weighted by atomic mass is 35.5. The van der Waals surface area contributed by atoms with Gasteiger partial charge >= 0.3 is 0 Å². The third-order valence-corrected chi connectivity index (χ3v) is 5.84. The monoisotopic (exact) mass is 431 g/mol. The molecule has 2 heterocycles. The lowest BCUT2D eigenvalue weighted by Gasteiger charge is -2.09. The fourth-order valence-corrected chi connectivity index (χ4v) is 3.82. The van der Waals surface area contributed by atoms with Gasteiger partial charge in [0.25, 0.3) is 5.19 Å². The Hall–Kier alpha value is -2.58. The second-order valence-electron chi connectivity index (χ2n) is 7.19. The fourth-order valence-electron chi connectivity index (χ4n) is 2.86. The van der Waals surface area contributed by atoms with Crippen molar-refractivity contribution in [1.82, 2.24) is 20.5 Å². The fraction of sp³-hybridized carbons (Fsp3) is 0.350. The van der Waals surface area contributed by atoms with Gasteiger partial charge in [-0.25, -0.2) is 4.98 Å². The van der Waals surface area contributed by atoms with Gasteiger partial charge in [-0.15, -0.1) is 0 Å². The lowest BCUT2D eigenvalue weighted by molar-refractivity contribution is -0.119. The first-order valence-corrected chi connectivity index (χ1v) is 10.7. The molecule has 29 heavy (non-hydrogen) atoms. The SMILES string of the molecule is CC(=O)NC(C)c1cc(-c2cnc(Oc3ccc(NCC4CC4)cc3Cl)s2)n[nH]1. The molecule has 3 N–H and O–H groups in total. The van der Waals surface area contributed by atoms with E-state index in [2.05, 4.69) is 25.8 Å². The summed E-state index contributed by atoms with van der Waals surface area (Å²) >= 11 is 7.75. The van der Waals surface area contributed by atoms with Crippen molar-refractivity contribution in [3.8, 4) is 21.5 Å². The van der Waals surface area contributed by atoms with Crippen LogP contribution in [0, 0.1) is 5.92 Å². The average molecular weight is 432 g/mol. The molecule has 1 saturated carbocycles. The Kier molecular flexibility index (Phi) is 5.73. The van der Waals surface area contributed by atoms with E-state index in [-0.39, 0.29) is 11.9 Å². The van der Waals surface area contributed by atoms with Gasteiger partial charge in [0.1, 0.15) is 11.4 Å². The molecule has 1 atom stereocenters. The highest BCUT2D eigenvalue weighted by Crippen LogP contribution is 2.37. The molecule has 9 heteroatoms. The number of carbonyl (C=O) groups excluding carboxylic acids is 1. The van der Waals surface area contributed by atoms with Gasteiger partial charge in [-0.3, -0.25) is 9.89 Å². The number of halogens is 1. The largest absolute Gasteiger partial charge is 0.429 e. The molecule has 1 aromatic carbocycles. The van der Waals surface area contributed by atoms with Crippen molar-refractivity contribution in [1.29, 1.82) is 0 Å². The number of nitrogens with one attached hydrogen (secondary N) is 3. The van der Waals surface area contributed by atoms with Gasteiger partial charge in [0.15, 0.2) is 0 Å². The summed E-state index contributed by atoms with van der Waals surface area (Å²) in [4.78, 5) is 16.4. The van der Waals surface area contributed by atoms with E-state index in [0.717, 1.165) is 34.4 Å². The molecule has 2 aromatic heterocycles. The van der Waals surface area contributed by atoms with E-state index < -0.39 is 0 Å². The van der Waals surface area contributed by atoms with Crippen LogP contribution in [0.2, 0.25) is 5.02 Å². The Morgan fingerprint density at radius 2 is 2.24 bits per heavy atom. The quantitative estimate of drug-likeness (QED) is 0.467. The first-order valence-electron chi connectivity index (χ1n) is 9.48. The maximum atomic E-state index is 11.2. The van der Waals surface area contributed by atoms with Crippen LogP contribution in [0.3, 0.4) is 0 Å². The molecule has 1 aliphatic rings. The van der Waals surface area contributed by atoms with Crippen molar-refractivity contribution >= 4 is 34.5 Å². The molecule has 3 aromatic rings. The van der Waals surface area contributed by atoms with E-state index in [1.54, 1.807) is 6.20 Å². The standard InChI is InChI=1S/C20H22ClN5O2S/c1-11(24-12(2)27)16-8-17(26-25-16)19-10-23-20(29-19)28-18-6-5-14(7-15(18)21)22-9-13-3-4-13/h5-8,10-11,13,22H,3-4,9H2,1-2H3,(H,24,27)(H,25,26). The first kappa shape index (κ1) is 19.7. The van der Waals surface area contributed by atoms with Crippen molar-refractivity contribution in [3.05, 3.63) is 41.2 Å². The normalized spacial score (nSPS) is 14.4. The Bertz CT molecular complexity index is 1010. The van der Waals surface area contributed by atoms with E-state index in [1.807, 2.05) is 31.2 Å². The molecule has 0 spiro atoms. The minimum absolute atomic E-state index is 0.0900. The molecule has 1 aliphatic carbocycles. The molecule has 0 radical (unpaired) electrons. The smallest absolute Gasteiger partial charge is 0.279 e.